The SMILES string of the molecule is COc1ncnc(C)c1SC. The Hall–Kier alpha value is -0.770. The van der Waals surface area contributed by atoms with Crippen LogP contribution in [-0.4, -0.2) is 23.3 Å². The molecule has 0 aliphatic carbocycles. The van der Waals surface area contributed by atoms with Gasteiger partial charge in [-0.3, -0.25) is 0 Å². The molecule has 0 aliphatic rings. The number of thioether (sulfide) groups is 1. The highest BCUT2D eigenvalue weighted by molar-refractivity contribution is 7.98. The Morgan fingerprint density at radius 3 is 2.64 bits per heavy atom. The van der Waals surface area contributed by atoms with Crippen molar-refractivity contribution in [1.82, 2.24) is 9.97 Å². The van der Waals surface area contributed by atoms with Crippen LogP contribution in [0, 0.1) is 6.92 Å². The van der Waals surface area contributed by atoms with Gasteiger partial charge in [0.25, 0.3) is 0 Å². The van der Waals surface area contributed by atoms with Crippen molar-refractivity contribution in [1.29, 1.82) is 0 Å². The molecule has 0 radical (unpaired) electrons. The first-order valence-corrected chi connectivity index (χ1v) is 4.41. The Morgan fingerprint density at radius 1 is 1.45 bits per heavy atom. The molecule has 0 spiro atoms. The van der Waals surface area contributed by atoms with Crippen molar-refractivity contribution in [2.45, 2.75) is 11.8 Å². The molecule has 60 valence electrons. The number of nitrogens with zero attached hydrogens (tertiary/aromatic N) is 2. The molecule has 1 heterocycles. The van der Waals surface area contributed by atoms with Crippen LogP contribution < -0.4 is 4.74 Å². The lowest BCUT2D eigenvalue weighted by Crippen LogP contribution is -1.94. The first kappa shape index (κ1) is 8.33. The first-order valence-electron chi connectivity index (χ1n) is 3.19. The number of hydrogen-bond donors (Lipinski definition) is 0. The van der Waals surface area contributed by atoms with E-state index in [1.807, 2.05) is 13.2 Å². The monoisotopic (exact) mass is 170 g/mol. The van der Waals surface area contributed by atoms with E-state index in [9.17, 15) is 0 Å². The summed E-state index contributed by atoms with van der Waals surface area (Å²) < 4.78 is 5.05. The molecule has 0 aliphatic heterocycles. The predicted molar refractivity (Wildman–Crippen MR) is 45.1 cm³/mol. The summed E-state index contributed by atoms with van der Waals surface area (Å²) in [5.41, 5.74) is 0.962. The van der Waals surface area contributed by atoms with Crippen LogP contribution in [0.1, 0.15) is 5.69 Å². The number of hydrogen-bond acceptors (Lipinski definition) is 4. The maximum atomic E-state index is 5.05. The van der Waals surface area contributed by atoms with Gasteiger partial charge in [0.05, 0.1) is 17.7 Å². The van der Waals surface area contributed by atoms with Crippen molar-refractivity contribution < 1.29 is 4.74 Å². The fourth-order valence-electron chi connectivity index (χ4n) is 0.820. The lowest BCUT2D eigenvalue weighted by molar-refractivity contribution is 0.384. The number of aromatic nitrogens is 2. The number of ether oxygens (including phenoxy) is 1. The van der Waals surface area contributed by atoms with E-state index >= 15 is 0 Å². The quantitative estimate of drug-likeness (QED) is 0.630. The van der Waals surface area contributed by atoms with Gasteiger partial charge in [-0.25, -0.2) is 9.97 Å². The minimum absolute atomic E-state index is 0.657. The van der Waals surface area contributed by atoms with Crippen molar-refractivity contribution >= 4 is 11.8 Å². The summed E-state index contributed by atoms with van der Waals surface area (Å²) in [5, 5.41) is 0. The molecule has 0 saturated heterocycles. The lowest BCUT2D eigenvalue weighted by atomic mass is 10.4. The normalized spacial score (nSPS) is 9.73. The summed E-state index contributed by atoms with van der Waals surface area (Å²) in [6.45, 7) is 1.94. The molecule has 0 unspecified atom stereocenters. The van der Waals surface area contributed by atoms with E-state index in [4.69, 9.17) is 4.74 Å². The first-order chi connectivity index (χ1) is 5.29. The molecule has 1 aromatic heterocycles. The smallest absolute Gasteiger partial charge is 0.230 e. The topological polar surface area (TPSA) is 35.0 Å². The summed E-state index contributed by atoms with van der Waals surface area (Å²) in [7, 11) is 1.61. The van der Waals surface area contributed by atoms with Crippen LogP contribution in [0.3, 0.4) is 0 Å². The zero-order valence-electron chi connectivity index (χ0n) is 6.79. The van der Waals surface area contributed by atoms with Crippen LogP contribution in [0.15, 0.2) is 11.2 Å². The predicted octanol–water partition coefficient (Wildman–Crippen LogP) is 1.52. The van der Waals surface area contributed by atoms with Crippen LogP contribution in [0.2, 0.25) is 0 Å². The third-order valence-corrected chi connectivity index (χ3v) is 2.22. The van der Waals surface area contributed by atoms with Crippen molar-refractivity contribution in [2.24, 2.45) is 0 Å². The van der Waals surface area contributed by atoms with Gasteiger partial charge in [-0.05, 0) is 13.2 Å². The molecule has 0 atom stereocenters. The van der Waals surface area contributed by atoms with E-state index in [0.717, 1.165) is 10.6 Å². The third-order valence-electron chi connectivity index (χ3n) is 1.35. The van der Waals surface area contributed by atoms with Crippen LogP contribution in [-0.2, 0) is 0 Å². The maximum Gasteiger partial charge on any atom is 0.230 e. The van der Waals surface area contributed by atoms with Gasteiger partial charge in [-0.15, -0.1) is 11.8 Å². The summed E-state index contributed by atoms with van der Waals surface area (Å²) in [6.07, 6.45) is 3.49. The molecule has 0 N–H and O–H groups in total. The van der Waals surface area contributed by atoms with Gasteiger partial charge in [0.1, 0.15) is 6.33 Å². The molecule has 0 saturated carbocycles. The van der Waals surface area contributed by atoms with Crippen molar-refractivity contribution in [2.75, 3.05) is 13.4 Å². The van der Waals surface area contributed by atoms with Crippen LogP contribution >= 0.6 is 11.8 Å². The van der Waals surface area contributed by atoms with E-state index < -0.39 is 0 Å². The molecule has 0 fully saturated rings. The average Bonchev–Trinajstić information content (AvgIpc) is 2.04. The Balaban J connectivity index is 3.13. The summed E-state index contributed by atoms with van der Waals surface area (Å²) >= 11 is 1.60. The third kappa shape index (κ3) is 1.63. The lowest BCUT2D eigenvalue weighted by Gasteiger charge is -2.05. The fourth-order valence-corrected chi connectivity index (χ4v) is 1.48. The second-order valence-electron chi connectivity index (χ2n) is 2.00. The van der Waals surface area contributed by atoms with Gasteiger partial charge >= 0.3 is 0 Å². The van der Waals surface area contributed by atoms with Crippen molar-refractivity contribution in [3.8, 4) is 5.88 Å². The van der Waals surface area contributed by atoms with Gasteiger partial charge in [0, 0.05) is 0 Å². The second kappa shape index (κ2) is 3.57. The second-order valence-corrected chi connectivity index (χ2v) is 2.82. The van der Waals surface area contributed by atoms with E-state index in [2.05, 4.69) is 9.97 Å². The Morgan fingerprint density at radius 2 is 2.18 bits per heavy atom. The summed E-state index contributed by atoms with van der Waals surface area (Å²) in [6, 6.07) is 0. The zero-order chi connectivity index (χ0) is 8.27. The molecule has 11 heavy (non-hydrogen) atoms. The van der Waals surface area contributed by atoms with E-state index in [1.54, 1.807) is 18.9 Å². The average molecular weight is 170 g/mol. The zero-order valence-corrected chi connectivity index (χ0v) is 7.60. The number of rotatable bonds is 2. The Labute approximate surface area is 70.2 Å². The van der Waals surface area contributed by atoms with Crippen LogP contribution in [0.25, 0.3) is 0 Å². The molecule has 0 aromatic carbocycles. The largest absolute Gasteiger partial charge is 0.480 e. The molecule has 3 nitrogen and oxygen atoms in total. The highest BCUT2D eigenvalue weighted by Crippen LogP contribution is 2.26. The number of methoxy groups -OCH3 is 1. The van der Waals surface area contributed by atoms with Crippen LogP contribution in [0.4, 0.5) is 0 Å². The minimum atomic E-state index is 0.657. The maximum absolute atomic E-state index is 5.05. The van der Waals surface area contributed by atoms with Crippen LogP contribution in [0.5, 0.6) is 5.88 Å². The van der Waals surface area contributed by atoms with Gasteiger partial charge in [-0.1, -0.05) is 0 Å². The molecule has 4 heteroatoms. The van der Waals surface area contributed by atoms with E-state index in [-0.39, 0.29) is 0 Å². The number of aryl methyl sites for hydroxylation is 1. The Kier molecular flexibility index (Phi) is 2.70. The van der Waals surface area contributed by atoms with E-state index in [0.29, 0.717) is 5.88 Å². The van der Waals surface area contributed by atoms with Gasteiger partial charge in [0.2, 0.25) is 5.88 Å². The van der Waals surface area contributed by atoms with Crippen molar-refractivity contribution in [3.05, 3.63) is 12.0 Å². The van der Waals surface area contributed by atoms with Gasteiger partial charge in [-0.2, -0.15) is 0 Å². The minimum Gasteiger partial charge on any atom is -0.480 e. The standard InChI is InChI=1S/C7H10N2OS/c1-5-6(11-3)7(10-2)9-4-8-5/h4H,1-3H3. The van der Waals surface area contributed by atoms with Gasteiger partial charge < -0.3 is 4.74 Å². The molecule has 0 bridgehead atoms. The highest BCUT2D eigenvalue weighted by atomic mass is 32.2. The molecular weight excluding hydrogens is 160 g/mol. The summed E-state index contributed by atoms with van der Waals surface area (Å²) in [4.78, 5) is 9.03. The molecule has 1 aromatic rings. The molecule has 0 amide bonds. The summed E-state index contributed by atoms with van der Waals surface area (Å²) in [5.74, 6) is 0.657. The van der Waals surface area contributed by atoms with E-state index in [1.165, 1.54) is 6.33 Å². The molecule has 1 rings (SSSR count). The van der Waals surface area contributed by atoms with Gasteiger partial charge in [0.15, 0.2) is 0 Å². The highest BCUT2D eigenvalue weighted by Gasteiger charge is 2.05. The Bertz CT molecular complexity index is 252. The van der Waals surface area contributed by atoms with Crippen molar-refractivity contribution in [3.63, 3.8) is 0 Å². The fraction of sp³-hybridized carbons (Fsp3) is 0.429. The molecular formula is C7H10N2OS.